The third-order valence-corrected chi connectivity index (χ3v) is 7.05. The molecule has 1 rings (SSSR count). The molecule has 6 N–H and O–H groups in total. The van der Waals surface area contributed by atoms with Crippen LogP contribution >= 0.6 is 0 Å². The first-order chi connectivity index (χ1) is 15.9. The van der Waals surface area contributed by atoms with Gasteiger partial charge in [-0.3, -0.25) is 10.2 Å². The van der Waals surface area contributed by atoms with E-state index in [4.69, 9.17) is 11.1 Å². The smallest absolute Gasteiger partial charge is 0.318 e. The first-order valence-electron chi connectivity index (χ1n) is 11.2. The zero-order valence-electron chi connectivity index (χ0n) is 20.4. The maximum Gasteiger partial charge on any atom is 0.318 e. The quantitative estimate of drug-likeness (QED) is 0.199. The van der Waals surface area contributed by atoms with Crippen molar-refractivity contribution in [1.82, 2.24) is 19.8 Å². The van der Waals surface area contributed by atoms with Crippen molar-refractivity contribution in [3.8, 4) is 0 Å². The molecule has 1 atom stereocenters. The molecule has 0 saturated carbocycles. The summed E-state index contributed by atoms with van der Waals surface area (Å²) >= 11 is 0. The van der Waals surface area contributed by atoms with E-state index < -0.39 is 34.0 Å². The lowest BCUT2D eigenvalue weighted by Gasteiger charge is -2.27. The normalized spacial score (nSPS) is 12.2. The second-order valence-electron chi connectivity index (χ2n) is 8.43. The molecule has 34 heavy (non-hydrogen) atoms. The van der Waals surface area contributed by atoms with Crippen molar-refractivity contribution < 1.29 is 23.1 Å². The monoisotopic (exact) mass is 498 g/mol. The van der Waals surface area contributed by atoms with Gasteiger partial charge >= 0.3 is 6.03 Å². The van der Waals surface area contributed by atoms with E-state index in [-0.39, 0.29) is 37.4 Å². The highest BCUT2D eigenvalue weighted by molar-refractivity contribution is 7.89. The lowest BCUT2D eigenvalue weighted by molar-refractivity contribution is -0.122. The van der Waals surface area contributed by atoms with E-state index in [0.29, 0.717) is 12.5 Å². The first-order valence-corrected chi connectivity index (χ1v) is 12.7. The van der Waals surface area contributed by atoms with Crippen LogP contribution in [-0.4, -0.2) is 80.0 Å². The molecule has 0 unspecified atom stereocenters. The molecule has 12 heteroatoms. The first kappa shape index (κ1) is 29.2. The van der Waals surface area contributed by atoms with Gasteiger partial charge in [0, 0.05) is 26.7 Å². The summed E-state index contributed by atoms with van der Waals surface area (Å²) < 4.78 is 26.7. The van der Waals surface area contributed by atoms with Gasteiger partial charge in [-0.25, -0.2) is 17.5 Å². The van der Waals surface area contributed by atoms with Crippen LogP contribution in [0.5, 0.6) is 0 Å². The topological polar surface area (TPSA) is 169 Å². The van der Waals surface area contributed by atoms with Crippen LogP contribution in [-0.2, 0) is 14.8 Å². The van der Waals surface area contributed by atoms with Gasteiger partial charge in [0.05, 0.1) is 11.5 Å². The zero-order valence-corrected chi connectivity index (χ0v) is 21.2. The summed E-state index contributed by atoms with van der Waals surface area (Å²) in [6.45, 7) is 6.09. The zero-order chi connectivity index (χ0) is 25.9. The summed E-state index contributed by atoms with van der Waals surface area (Å²) in [5.74, 6) is -0.711. The molecule has 0 spiro atoms. The predicted octanol–water partition coefficient (Wildman–Crippen LogP) is 0.824. The van der Waals surface area contributed by atoms with Crippen LogP contribution in [0.25, 0.3) is 0 Å². The number of aryl methyl sites for hydroxylation is 1. The molecule has 0 heterocycles. The van der Waals surface area contributed by atoms with Crippen LogP contribution in [0.2, 0.25) is 0 Å². The van der Waals surface area contributed by atoms with Crippen molar-refractivity contribution in [3.63, 3.8) is 0 Å². The number of benzene rings is 1. The number of likely N-dealkylation sites (N-methyl/N-ethyl adjacent to an activating group) is 1. The second kappa shape index (κ2) is 13.8. The number of urea groups is 1. The molecule has 0 aliphatic carbocycles. The highest BCUT2D eigenvalue weighted by Gasteiger charge is 2.27. The number of rotatable bonds is 13. The molecule has 11 nitrogen and oxygen atoms in total. The van der Waals surface area contributed by atoms with Crippen LogP contribution in [0.3, 0.4) is 0 Å². The maximum absolute atomic E-state index is 12.9. The Labute approximate surface area is 202 Å². The van der Waals surface area contributed by atoms with Gasteiger partial charge in [-0.1, -0.05) is 31.5 Å². The largest absolute Gasteiger partial charge is 0.395 e. The van der Waals surface area contributed by atoms with Gasteiger partial charge in [0.15, 0.2) is 0 Å². The van der Waals surface area contributed by atoms with Crippen molar-refractivity contribution in [1.29, 1.82) is 5.41 Å². The van der Waals surface area contributed by atoms with Crippen molar-refractivity contribution in [2.24, 2.45) is 11.7 Å². The number of carbonyl (C=O) groups is 2. The fraction of sp³-hybridized carbons (Fsp3) is 0.591. The molecule has 192 valence electrons. The third kappa shape index (κ3) is 8.82. The number of guanidine groups is 1. The molecular formula is C22H38N6O5S. The number of amides is 3. The molecule has 1 aromatic rings. The number of hydrogen-bond acceptors (Lipinski definition) is 6. The van der Waals surface area contributed by atoms with Gasteiger partial charge in [-0.05, 0) is 44.2 Å². The molecule has 0 fully saturated rings. The van der Waals surface area contributed by atoms with Gasteiger partial charge in [-0.2, -0.15) is 0 Å². The summed E-state index contributed by atoms with van der Waals surface area (Å²) in [6, 6.07) is 4.79. The van der Waals surface area contributed by atoms with Crippen molar-refractivity contribution in [2.75, 3.05) is 33.3 Å². The van der Waals surface area contributed by atoms with Crippen LogP contribution in [0.15, 0.2) is 29.2 Å². The molecule has 0 aliphatic heterocycles. The average molecular weight is 499 g/mol. The second-order valence-corrected chi connectivity index (χ2v) is 10.3. The van der Waals surface area contributed by atoms with Gasteiger partial charge in [0.25, 0.3) is 10.0 Å². The van der Waals surface area contributed by atoms with Crippen molar-refractivity contribution >= 4 is 27.9 Å². The Hall–Kier alpha value is -2.86. The molecule has 3 amide bonds. The van der Waals surface area contributed by atoms with E-state index in [1.165, 1.54) is 24.1 Å². The summed E-state index contributed by atoms with van der Waals surface area (Å²) in [6.07, 6.45) is 1.02. The summed E-state index contributed by atoms with van der Waals surface area (Å²) in [7, 11) is -2.60. The molecule has 0 aromatic heterocycles. The minimum Gasteiger partial charge on any atom is -0.395 e. The Morgan fingerprint density at radius 2 is 1.74 bits per heavy atom. The van der Waals surface area contributed by atoms with E-state index in [1.807, 2.05) is 20.8 Å². The lowest BCUT2D eigenvalue weighted by Crippen LogP contribution is -2.52. The number of nitrogens with two attached hydrogens (primary N) is 1. The Balaban J connectivity index is 2.90. The Morgan fingerprint density at radius 3 is 2.24 bits per heavy atom. The average Bonchev–Trinajstić information content (AvgIpc) is 2.77. The SMILES string of the molecule is CNC(=O)[C@H](CCCN(C(=N)N)S(=O)(=O)c1ccc(C)cc1)NC(=O)N(CCO)CCC(C)C. The predicted molar refractivity (Wildman–Crippen MR) is 131 cm³/mol. The number of hydrogen-bond donors (Lipinski definition) is 5. The summed E-state index contributed by atoms with van der Waals surface area (Å²) in [4.78, 5) is 26.5. The maximum atomic E-state index is 12.9. The highest BCUT2D eigenvalue weighted by Crippen LogP contribution is 2.17. The van der Waals surface area contributed by atoms with Gasteiger partial charge in [-0.15, -0.1) is 0 Å². The molecule has 0 bridgehead atoms. The highest BCUT2D eigenvalue weighted by atomic mass is 32.2. The number of aliphatic hydroxyl groups is 1. The fourth-order valence-electron chi connectivity index (χ4n) is 3.18. The minimum absolute atomic E-state index is 0.00857. The summed E-state index contributed by atoms with van der Waals surface area (Å²) in [5.41, 5.74) is 6.45. The Kier molecular flexibility index (Phi) is 11.8. The number of carbonyl (C=O) groups excluding carboxylic acids is 2. The van der Waals surface area contributed by atoms with Gasteiger partial charge in [0.1, 0.15) is 6.04 Å². The van der Waals surface area contributed by atoms with E-state index in [2.05, 4.69) is 10.6 Å². The standard InChI is InChI=1S/C22H38N6O5S/c1-16(2)11-13-27(14-15-29)22(31)26-19(20(30)25-4)6-5-12-28(21(23)24)34(32,33)18-9-7-17(3)8-10-18/h7-10,16,19,29H,5-6,11-15H2,1-4H3,(H3,23,24)(H,25,30)(H,26,31)/t19-/m0/s1. The van der Waals surface area contributed by atoms with E-state index >= 15 is 0 Å². The number of aliphatic hydroxyl groups excluding tert-OH is 1. The van der Waals surface area contributed by atoms with Gasteiger partial charge < -0.3 is 26.4 Å². The summed E-state index contributed by atoms with van der Waals surface area (Å²) in [5, 5.41) is 22.2. The Bertz CT molecular complexity index is 920. The van der Waals surface area contributed by atoms with Crippen LogP contribution in [0, 0.1) is 18.3 Å². The van der Waals surface area contributed by atoms with Crippen LogP contribution in [0.4, 0.5) is 4.79 Å². The van der Waals surface area contributed by atoms with Crippen molar-refractivity contribution in [2.45, 2.75) is 51.0 Å². The van der Waals surface area contributed by atoms with E-state index in [0.717, 1.165) is 16.3 Å². The van der Waals surface area contributed by atoms with Crippen molar-refractivity contribution in [3.05, 3.63) is 29.8 Å². The van der Waals surface area contributed by atoms with E-state index in [1.54, 1.807) is 12.1 Å². The van der Waals surface area contributed by atoms with Crippen LogP contribution < -0.4 is 16.4 Å². The number of sulfonamides is 1. The Morgan fingerprint density at radius 1 is 1.12 bits per heavy atom. The lowest BCUT2D eigenvalue weighted by atomic mass is 10.1. The molecular weight excluding hydrogens is 460 g/mol. The molecule has 0 radical (unpaired) electrons. The third-order valence-electron chi connectivity index (χ3n) is 5.23. The van der Waals surface area contributed by atoms with E-state index in [9.17, 15) is 23.1 Å². The number of nitrogens with one attached hydrogen (secondary N) is 3. The molecule has 1 aromatic carbocycles. The fourth-order valence-corrected chi connectivity index (χ4v) is 4.54. The molecule has 0 saturated heterocycles. The number of nitrogens with zero attached hydrogens (tertiary/aromatic N) is 2. The van der Waals surface area contributed by atoms with Crippen LogP contribution in [0.1, 0.15) is 38.7 Å². The minimum atomic E-state index is -4.04. The van der Waals surface area contributed by atoms with Gasteiger partial charge in [0.2, 0.25) is 11.9 Å². The molecule has 0 aliphatic rings.